The van der Waals surface area contributed by atoms with E-state index in [0.29, 0.717) is 17.4 Å². The highest BCUT2D eigenvalue weighted by atomic mass is 31.2. The first-order valence-corrected chi connectivity index (χ1v) is 30.8. The largest absolute Gasteiger partial charge is 0.472 e. The van der Waals surface area contributed by atoms with Crippen LogP contribution in [-0.2, 0) is 18.4 Å². The lowest BCUT2D eigenvalue weighted by molar-refractivity contribution is -0.870. The van der Waals surface area contributed by atoms with Gasteiger partial charge in [-0.05, 0) is 83.5 Å². The second-order valence-electron chi connectivity index (χ2n) is 21.0. The molecule has 9 heteroatoms. The molecule has 0 saturated heterocycles. The van der Waals surface area contributed by atoms with Crippen molar-refractivity contribution in [3.05, 3.63) is 72.9 Å². The number of carbonyl (C=O) groups is 1. The summed E-state index contributed by atoms with van der Waals surface area (Å²) in [7, 11) is 1.55. The molecule has 0 spiro atoms. The molecular formula is C61H114N2O6P+. The van der Waals surface area contributed by atoms with Gasteiger partial charge in [0.15, 0.2) is 0 Å². The SMILES string of the molecule is CCCCC/C=C/CC/C=C/CC/C=C/C(O)C(COP(=O)(O)OCC[N+](C)(C)C)NC(=O)CCCCCCCCCCCCCCCCCCCCCC/C=C\C/C=C\C/C=C\CCCCCCC. The molecule has 0 aliphatic carbocycles. The van der Waals surface area contributed by atoms with Gasteiger partial charge >= 0.3 is 7.82 Å². The maximum Gasteiger partial charge on any atom is 0.472 e. The predicted octanol–water partition coefficient (Wildman–Crippen LogP) is 17.9. The molecule has 0 aromatic heterocycles. The third-order valence-corrected chi connectivity index (χ3v) is 13.9. The van der Waals surface area contributed by atoms with E-state index in [4.69, 9.17) is 9.05 Å². The van der Waals surface area contributed by atoms with Crippen molar-refractivity contribution in [2.24, 2.45) is 0 Å². The minimum absolute atomic E-state index is 0.0523. The molecule has 0 aromatic rings. The van der Waals surface area contributed by atoms with Gasteiger partial charge in [0.1, 0.15) is 13.2 Å². The van der Waals surface area contributed by atoms with E-state index in [1.165, 1.54) is 173 Å². The van der Waals surface area contributed by atoms with Crippen molar-refractivity contribution in [2.75, 3.05) is 40.9 Å². The number of likely N-dealkylation sites (N-methyl/N-ethyl adjacent to an activating group) is 1. The van der Waals surface area contributed by atoms with E-state index in [-0.39, 0.29) is 19.1 Å². The topological polar surface area (TPSA) is 105 Å². The Morgan fingerprint density at radius 1 is 0.486 bits per heavy atom. The summed E-state index contributed by atoms with van der Waals surface area (Å²) in [5.41, 5.74) is 0. The number of phosphoric acid groups is 1. The molecule has 0 saturated carbocycles. The number of aliphatic hydroxyl groups is 1. The van der Waals surface area contributed by atoms with Crippen molar-refractivity contribution in [3.8, 4) is 0 Å². The molecule has 8 nitrogen and oxygen atoms in total. The standard InChI is InChI=1S/C61H113N2O6P/c1-6-8-10-12-14-16-18-20-21-22-23-24-25-26-27-28-29-30-31-32-33-34-35-36-37-38-39-40-41-43-45-47-49-51-53-55-61(65)62-59(58-69-70(66,67)68-57-56-63(3,4)5)60(64)54-52-50-48-46-44-42-19-17-15-13-11-9-7-2/h15,17-18,20,22-23,25-26,44,46,52,54,59-60,64H,6-14,16,19,21,24,27-43,45,47-51,53,55-58H2,1-5H3,(H-,62,65,66,67)/p+1/b17-15+,20-18-,23-22-,26-25-,46-44+,54-52+. The van der Waals surface area contributed by atoms with Gasteiger partial charge in [0, 0.05) is 6.42 Å². The Hall–Kier alpha value is -2.06. The number of rotatable bonds is 53. The summed E-state index contributed by atoms with van der Waals surface area (Å²) in [5.74, 6) is -0.191. The monoisotopic (exact) mass is 1000 g/mol. The van der Waals surface area contributed by atoms with Crippen molar-refractivity contribution in [1.29, 1.82) is 0 Å². The molecule has 3 unspecified atom stereocenters. The number of carbonyl (C=O) groups excluding carboxylic acids is 1. The first kappa shape index (κ1) is 67.9. The molecule has 0 radical (unpaired) electrons. The minimum atomic E-state index is -4.36. The van der Waals surface area contributed by atoms with Crippen LogP contribution in [0.5, 0.6) is 0 Å². The van der Waals surface area contributed by atoms with Gasteiger partial charge in [-0.3, -0.25) is 13.8 Å². The van der Waals surface area contributed by atoms with Gasteiger partial charge < -0.3 is 19.8 Å². The van der Waals surface area contributed by atoms with Crippen LogP contribution in [0, 0.1) is 0 Å². The van der Waals surface area contributed by atoms with Gasteiger partial charge in [-0.1, -0.05) is 241 Å². The molecule has 0 aliphatic rings. The molecular weight excluding hydrogens is 888 g/mol. The van der Waals surface area contributed by atoms with Crippen LogP contribution >= 0.6 is 7.82 Å². The number of phosphoric ester groups is 1. The molecule has 0 bridgehead atoms. The van der Waals surface area contributed by atoms with E-state index < -0.39 is 20.0 Å². The normalized spacial score (nSPS) is 14.4. The number of nitrogens with one attached hydrogen (secondary N) is 1. The second kappa shape index (κ2) is 51.8. The van der Waals surface area contributed by atoms with Crippen LogP contribution in [0.15, 0.2) is 72.9 Å². The van der Waals surface area contributed by atoms with E-state index in [9.17, 15) is 19.4 Å². The Balaban J connectivity index is 4.01. The zero-order valence-electron chi connectivity index (χ0n) is 46.5. The zero-order chi connectivity index (χ0) is 51.3. The summed E-state index contributed by atoms with van der Waals surface area (Å²) in [4.78, 5) is 23.2. The molecule has 0 rings (SSSR count). The quantitative estimate of drug-likeness (QED) is 0.0243. The van der Waals surface area contributed by atoms with Crippen LogP contribution in [0.25, 0.3) is 0 Å². The Morgan fingerprint density at radius 2 is 0.829 bits per heavy atom. The average Bonchev–Trinajstić information content (AvgIpc) is 3.32. The van der Waals surface area contributed by atoms with Gasteiger partial charge in [0.2, 0.25) is 5.91 Å². The van der Waals surface area contributed by atoms with Gasteiger partial charge in [-0.2, -0.15) is 0 Å². The van der Waals surface area contributed by atoms with E-state index in [1.807, 2.05) is 27.2 Å². The summed E-state index contributed by atoms with van der Waals surface area (Å²) in [6.45, 7) is 4.75. The van der Waals surface area contributed by atoms with Crippen molar-refractivity contribution >= 4 is 13.7 Å². The lowest BCUT2D eigenvalue weighted by Gasteiger charge is -2.25. The van der Waals surface area contributed by atoms with Crippen LogP contribution in [0.4, 0.5) is 0 Å². The fourth-order valence-corrected chi connectivity index (χ4v) is 8.99. The fourth-order valence-electron chi connectivity index (χ4n) is 8.26. The molecule has 70 heavy (non-hydrogen) atoms. The molecule has 1 amide bonds. The van der Waals surface area contributed by atoms with Crippen molar-refractivity contribution in [2.45, 2.75) is 270 Å². The Bertz CT molecular complexity index is 1370. The van der Waals surface area contributed by atoms with Gasteiger partial charge in [0.25, 0.3) is 0 Å². The summed E-state index contributed by atoms with van der Waals surface area (Å²) in [5, 5.41) is 13.9. The third kappa shape index (κ3) is 53.7. The van der Waals surface area contributed by atoms with Crippen molar-refractivity contribution < 1.29 is 32.9 Å². The molecule has 0 aromatic carbocycles. The van der Waals surface area contributed by atoms with Crippen LogP contribution in [0.2, 0.25) is 0 Å². The number of aliphatic hydroxyl groups excluding tert-OH is 1. The third-order valence-electron chi connectivity index (χ3n) is 12.9. The Morgan fingerprint density at radius 3 is 1.27 bits per heavy atom. The Labute approximate surface area is 434 Å². The molecule has 0 fully saturated rings. The maximum atomic E-state index is 12.9. The number of nitrogens with zero attached hydrogens (tertiary/aromatic N) is 1. The van der Waals surface area contributed by atoms with Crippen LogP contribution in [-0.4, -0.2) is 73.4 Å². The van der Waals surface area contributed by atoms with E-state index in [1.54, 1.807) is 6.08 Å². The van der Waals surface area contributed by atoms with E-state index in [2.05, 4.69) is 79.9 Å². The summed E-state index contributed by atoms with van der Waals surface area (Å²) in [6, 6.07) is -0.870. The number of hydrogen-bond donors (Lipinski definition) is 3. The molecule has 0 heterocycles. The maximum absolute atomic E-state index is 12.9. The highest BCUT2D eigenvalue weighted by molar-refractivity contribution is 7.47. The summed E-state index contributed by atoms with van der Waals surface area (Å²) < 4.78 is 23.6. The zero-order valence-corrected chi connectivity index (χ0v) is 47.4. The van der Waals surface area contributed by atoms with E-state index in [0.717, 1.165) is 64.2 Å². The van der Waals surface area contributed by atoms with Crippen LogP contribution < -0.4 is 5.32 Å². The number of unbranched alkanes of at least 4 members (excludes halogenated alkanes) is 30. The van der Waals surface area contributed by atoms with Crippen LogP contribution in [0.1, 0.15) is 258 Å². The summed E-state index contributed by atoms with van der Waals surface area (Å²) in [6.07, 6.45) is 71.7. The van der Waals surface area contributed by atoms with E-state index >= 15 is 0 Å². The van der Waals surface area contributed by atoms with Crippen molar-refractivity contribution in [3.63, 3.8) is 0 Å². The first-order chi connectivity index (χ1) is 34.0. The number of quaternary nitrogens is 1. The minimum Gasteiger partial charge on any atom is -0.387 e. The molecule has 0 aliphatic heterocycles. The fraction of sp³-hybridized carbons (Fsp3) is 0.787. The number of hydrogen-bond acceptors (Lipinski definition) is 5. The highest BCUT2D eigenvalue weighted by Crippen LogP contribution is 2.43. The molecule has 408 valence electrons. The Kier molecular flexibility index (Phi) is 50.3. The van der Waals surface area contributed by atoms with Crippen molar-refractivity contribution in [1.82, 2.24) is 5.32 Å². The highest BCUT2D eigenvalue weighted by Gasteiger charge is 2.27. The van der Waals surface area contributed by atoms with Gasteiger partial charge in [-0.15, -0.1) is 0 Å². The number of allylic oxidation sites excluding steroid dienone is 11. The lowest BCUT2D eigenvalue weighted by atomic mass is 10.0. The van der Waals surface area contributed by atoms with Gasteiger partial charge in [-0.25, -0.2) is 4.57 Å². The summed E-state index contributed by atoms with van der Waals surface area (Å²) >= 11 is 0. The predicted molar refractivity (Wildman–Crippen MR) is 304 cm³/mol. The first-order valence-electron chi connectivity index (χ1n) is 29.3. The average molecular weight is 1000 g/mol. The second-order valence-corrected chi connectivity index (χ2v) is 22.4. The molecule has 3 atom stereocenters. The van der Waals surface area contributed by atoms with Gasteiger partial charge in [0.05, 0.1) is 39.9 Å². The molecule has 3 N–H and O–H groups in total. The lowest BCUT2D eigenvalue weighted by Crippen LogP contribution is -2.45. The van der Waals surface area contributed by atoms with Crippen LogP contribution in [0.3, 0.4) is 0 Å². The smallest absolute Gasteiger partial charge is 0.387 e. The number of amides is 1.